The average molecular weight is 252 g/mol. The Balaban J connectivity index is 2.04. The molecule has 0 aliphatic rings. The third-order valence-corrected chi connectivity index (χ3v) is 2.80. The molecule has 0 radical (unpaired) electrons. The lowest BCUT2D eigenvalue weighted by Gasteiger charge is -2.06. The minimum absolute atomic E-state index is 0.00481. The van der Waals surface area contributed by atoms with Crippen LogP contribution in [-0.4, -0.2) is 24.9 Å². The molecule has 3 aromatic rings. The maximum absolute atomic E-state index is 9.03. The van der Waals surface area contributed by atoms with Crippen molar-refractivity contribution in [1.82, 2.24) is 19.7 Å². The van der Waals surface area contributed by atoms with Crippen molar-refractivity contribution in [3.63, 3.8) is 0 Å². The van der Waals surface area contributed by atoms with Crippen molar-refractivity contribution in [3.8, 4) is 17.1 Å². The van der Waals surface area contributed by atoms with Gasteiger partial charge in [0.2, 0.25) is 0 Å². The maximum atomic E-state index is 9.03. The van der Waals surface area contributed by atoms with Crippen molar-refractivity contribution in [2.75, 3.05) is 0 Å². The molecule has 5 nitrogen and oxygen atoms in total. The highest BCUT2D eigenvalue weighted by Gasteiger charge is 2.08. The van der Waals surface area contributed by atoms with Crippen molar-refractivity contribution < 1.29 is 5.11 Å². The van der Waals surface area contributed by atoms with Gasteiger partial charge in [-0.2, -0.15) is 5.10 Å². The highest BCUT2D eigenvalue weighted by molar-refractivity contribution is 5.57. The lowest BCUT2D eigenvalue weighted by Crippen LogP contribution is -2.00. The predicted molar refractivity (Wildman–Crippen MR) is 70.5 cm³/mol. The summed E-state index contributed by atoms with van der Waals surface area (Å²) in [6, 6.07) is 9.42. The van der Waals surface area contributed by atoms with Crippen molar-refractivity contribution in [3.05, 3.63) is 60.7 Å². The first kappa shape index (κ1) is 11.6. The van der Waals surface area contributed by atoms with Crippen LogP contribution in [0.15, 0.2) is 55.1 Å². The summed E-state index contributed by atoms with van der Waals surface area (Å²) in [6.07, 6.45) is 6.86. The fourth-order valence-electron chi connectivity index (χ4n) is 1.85. The van der Waals surface area contributed by atoms with Crippen LogP contribution in [0.1, 0.15) is 5.56 Å². The molecule has 5 heteroatoms. The molecule has 0 bridgehead atoms. The van der Waals surface area contributed by atoms with E-state index in [2.05, 4.69) is 15.1 Å². The first-order valence-corrected chi connectivity index (χ1v) is 5.89. The smallest absolute Gasteiger partial charge is 0.0925 e. The van der Waals surface area contributed by atoms with Crippen LogP contribution < -0.4 is 0 Å². The summed E-state index contributed by atoms with van der Waals surface area (Å²) in [5, 5.41) is 13.3. The lowest BCUT2D eigenvalue weighted by molar-refractivity contribution is 0.281. The maximum Gasteiger partial charge on any atom is 0.0925 e. The molecule has 0 saturated carbocycles. The monoisotopic (exact) mass is 252 g/mol. The molecular weight excluding hydrogens is 240 g/mol. The van der Waals surface area contributed by atoms with Gasteiger partial charge in [-0.15, -0.1) is 0 Å². The van der Waals surface area contributed by atoms with Crippen LogP contribution in [-0.2, 0) is 6.61 Å². The quantitative estimate of drug-likeness (QED) is 0.772. The number of pyridine rings is 2. The summed E-state index contributed by atoms with van der Waals surface area (Å²) in [7, 11) is 0. The predicted octanol–water partition coefficient (Wildman–Crippen LogP) is 1.82. The van der Waals surface area contributed by atoms with Crippen molar-refractivity contribution in [1.29, 1.82) is 0 Å². The van der Waals surface area contributed by atoms with Gasteiger partial charge < -0.3 is 5.11 Å². The summed E-state index contributed by atoms with van der Waals surface area (Å²) >= 11 is 0. The van der Waals surface area contributed by atoms with Crippen LogP contribution >= 0.6 is 0 Å². The Morgan fingerprint density at radius 3 is 2.68 bits per heavy atom. The number of hydrogen-bond donors (Lipinski definition) is 1. The fraction of sp³-hybridized carbons (Fsp3) is 0.0714. The highest BCUT2D eigenvalue weighted by Crippen LogP contribution is 2.20. The van der Waals surface area contributed by atoms with Crippen LogP contribution in [0.5, 0.6) is 0 Å². The molecule has 0 spiro atoms. The molecule has 3 rings (SSSR count). The van der Waals surface area contributed by atoms with Crippen molar-refractivity contribution in [2.24, 2.45) is 0 Å². The Morgan fingerprint density at radius 1 is 1.05 bits per heavy atom. The summed E-state index contributed by atoms with van der Waals surface area (Å²) in [6.45, 7) is -0.00481. The largest absolute Gasteiger partial charge is 0.392 e. The lowest BCUT2D eigenvalue weighted by atomic mass is 10.2. The van der Waals surface area contributed by atoms with E-state index < -0.39 is 0 Å². The van der Waals surface area contributed by atoms with Crippen LogP contribution in [0.2, 0.25) is 0 Å². The summed E-state index contributed by atoms with van der Waals surface area (Å²) in [5.74, 6) is 0. The number of hydrogen-bond acceptors (Lipinski definition) is 4. The van der Waals surface area contributed by atoms with Gasteiger partial charge >= 0.3 is 0 Å². The number of aliphatic hydroxyl groups excluding tert-OH is 1. The van der Waals surface area contributed by atoms with Crippen molar-refractivity contribution in [2.45, 2.75) is 6.61 Å². The van der Waals surface area contributed by atoms with Gasteiger partial charge in [0, 0.05) is 12.4 Å². The standard InChI is InChI=1S/C14H12N4O/c19-10-11-3-4-13(16-8-11)14-5-7-17-18(14)12-2-1-6-15-9-12/h1-9,19H,10H2. The molecule has 0 aliphatic heterocycles. The minimum Gasteiger partial charge on any atom is -0.392 e. The molecule has 1 N–H and O–H groups in total. The van der Waals surface area contributed by atoms with E-state index in [1.165, 1.54) is 0 Å². The number of aliphatic hydroxyl groups is 1. The third kappa shape index (κ3) is 2.23. The van der Waals surface area contributed by atoms with E-state index in [1.807, 2.05) is 30.3 Å². The van der Waals surface area contributed by atoms with E-state index in [0.717, 1.165) is 22.6 Å². The molecular formula is C14H12N4O. The number of nitrogens with zero attached hydrogens (tertiary/aromatic N) is 4. The third-order valence-electron chi connectivity index (χ3n) is 2.80. The Morgan fingerprint density at radius 2 is 2.00 bits per heavy atom. The van der Waals surface area contributed by atoms with E-state index in [-0.39, 0.29) is 6.61 Å². The van der Waals surface area contributed by atoms with Crippen LogP contribution in [0.3, 0.4) is 0 Å². The Hall–Kier alpha value is -2.53. The Bertz CT molecular complexity index is 661. The highest BCUT2D eigenvalue weighted by atomic mass is 16.3. The van der Waals surface area contributed by atoms with Gasteiger partial charge in [-0.25, -0.2) is 4.68 Å². The zero-order valence-corrected chi connectivity index (χ0v) is 10.1. The van der Waals surface area contributed by atoms with E-state index in [0.29, 0.717) is 0 Å². The van der Waals surface area contributed by atoms with Gasteiger partial charge in [0.1, 0.15) is 0 Å². The summed E-state index contributed by atoms with van der Waals surface area (Å²) < 4.78 is 1.79. The van der Waals surface area contributed by atoms with Crippen LogP contribution in [0, 0.1) is 0 Å². The van der Waals surface area contributed by atoms with Gasteiger partial charge in [-0.3, -0.25) is 9.97 Å². The van der Waals surface area contributed by atoms with Gasteiger partial charge in [-0.05, 0) is 29.8 Å². The molecule has 0 saturated heterocycles. The second-order valence-electron chi connectivity index (χ2n) is 4.05. The molecule has 94 valence electrons. The topological polar surface area (TPSA) is 63.8 Å². The van der Waals surface area contributed by atoms with Gasteiger partial charge in [-0.1, -0.05) is 6.07 Å². The van der Waals surface area contributed by atoms with Crippen LogP contribution in [0.25, 0.3) is 17.1 Å². The molecule has 19 heavy (non-hydrogen) atoms. The first-order valence-electron chi connectivity index (χ1n) is 5.89. The molecule has 0 aromatic carbocycles. The molecule has 0 unspecified atom stereocenters. The molecule has 3 heterocycles. The average Bonchev–Trinajstić information content (AvgIpc) is 2.98. The first-order chi connectivity index (χ1) is 9.38. The fourth-order valence-corrected chi connectivity index (χ4v) is 1.85. The minimum atomic E-state index is -0.00481. The van der Waals surface area contributed by atoms with Crippen LogP contribution in [0.4, 0.5) is 0 Å². The number of aromatic nitrogens is 4. The van der Waals surface area contributed by atoms with Gasteiger partial charge in [0.05, 0.1) is 36.1 Å². The number of rotatable bonds is 3. The summed E-state index contributed by atoms with van der Waals surface area (Å²) in [4.78, 5) is 8.43. The Labute approximate surface area is 110 Å². The Kier molecular flexibility index (Phi) is 3.04. The molecule has 0 fully saturated rings. The van der Waals surface area contributed by atoms with Gasteiger partial charge in [0.15, 0.2) is 0 Å². The van der Waals surface area contributed by atoms with E-state index in [1.54, 1.807) is 29.5 Å². The zero-order chi connectivity index (χ0) is 13.1. The molecule has 0 amide bonds. The van der Waals surface area contributed by atoms with E-state index in [4.69, 9.17) is 5.11 Å². The molecule has 0 aliphatic carbocycles. The second kappa shape index (κ2) is 4.99. The summed E-state index contributed by atoms with van der Waals surface area (Å²) in [5.41, 5.74) is 3.36. The van der Waals surface area contributed by atoms with Gasteiger partial charge in [0.25, 0.3) is 0 Å². The van der Waals surface area contributed by atoms with Crippen molar-refractivity contribution >= 4 is 0 Å². The second-order valence-corrected chi connectivity index (χ2v) is 4.05. The zero-order valence-electron chi connectivity index (χ0n) is 10.1. The molecule has 3 aromatic heterocycles. The SMILES string of the molecule is OCc1ccc(-c2ccnn2-c2cccnc2)nc1. The van der Waals surface area contributed by atoms with E-state index >= 15 is 0 Å². The molecule has 0 atom stereocenters. The normalized spacial score (nSPS) is 10.6. The van der Waals surface area contributed by atoms with E-state index in [9.17, 15) is 0 Å².